The van der Waals surface area contributed by atoms with Crippen LogP contribution in [0.1, 0.15) is 54.1 Å². The summed E-state index contributed by atoms with van der Waals surface area (Å²) in [5.41, 5.74) is 11.8. The van der Waals surface area contributed by atoms with Crippen molar-refractivity contribution in [2.45, 2.75) is 39.0 Å². The summed E-state index contributed by atoms with van der Waals surface area (Å²) in [7, 11) is 6.93. The number of rotatable bonds is 4. The molecule has 18 heteroatoms. The monoisotopic (exact) mass is 1040 g/mol. The van der Waals surface area contributed by atoms with E-state index in [0.29, 0.717) is 58.5 Å². The summed E-state index contributed by atoms with van der Waals surface area (Å²) in [6, 6.07) is 48.1. The average molecular weight is 1040 g/mol. The van der Waals surface area contributed by atoms with Crippen LogP contribution in [0.15, 0.2) is 167 Å². The van der Waals surface area contributed by atoms with Crippen LogP contribution in [-0.4, -0.2) is 100 Å². The van der Waals surface area contributed by atoms with Crippen LogP contribution < -0.4 is 21.8 Å². The largest absolute Gasteiger partial charge is 0.349 e. The molecule has 12 bridgehead atoms. The van der Waals surface area contributed by atoms with Gasteiger partial charge < -0.3 is 18.9 Å². The second-order valence-corrected chi connectivity index (χ2v) is 19.8. The highest BCUT2D eigenvalue weighted by atomic mass is 16.2. The van der Waals surface area contributed by atoms with E-state index in [-0.39, 0.29) is 60.7 Å². The lowest BCUT2D eigenvalue weighted by Crippen LogP contribution is -2.23. The Morgan fingerprint density at radius 2 is 0.872 bits per heavy atom. The summed E-state index contributed by atoms with van der Waals surface area (Å²) in [5.74, 6) is 0.197. The first-order valence-electron chi connectivity index (χ1n) is 25.2. The maximum atomic E-state index is 13.4. The Balaban J connectivity index is 0.000000165. The standard InChI is InChI=1S/2C30H26N6O3/c1-34(2)28(38)16-19-9-11-26-25(15-19)31-30-32-29(39)23-8-4-6-21(14-23)18-36-27(37)12-10-24(33-36)22-7-3-5-20(13-22)17-35(26)30;1-34(2)28(38)16-19-9-10-25-26(15-19)35-17-20-5-3-7-22(13-20)24-11-12-27(37)36(33-24)18-21-6-4-8-23(14-21)29(39)32-30(35)31-25/h2*3-15H,16-18H2,1-2H3,(H,31,32,39). The van der Waals surface area contributed by atoms with Crippen molar-refractivity contribution < 1.29 is 19.2 Å². The Morgan fingerprint density at radius 3 is 1.37 bits per heavy atom. The number of amides is 4. The summed E-state index contributed by atoms with van der Waals surface area (Å²) in [5, 5.41) is 15.2. The van der Waals surface area contributed by atoms with Gasteiger partial charge in [-0.15, -0.1) is 0 Å². The molecule has 6 heterocycles. The smallest absolute Gasteiger partial charge is 0.267 e. The van der Waals surface area contributed by atoms with E-state index in [1.54, 1.807) is 86.5 Å². The van der Waals surface area contributed by atoms with Gasteiger partial charge in [-0.1, -0.05) is 72.8 Å². The molecule has 0 fully saturated rings. The number of imidazole rings is 2. The van der Waals surface area contributed by atoms with Crippen molar-refractivity contribution in [1.29, 1.82) is 0 Å². The van der Waals surface area contributed by atoms with E-state index >= 15 is 0 Å². The van der Waals surface area contributed by atoms with Gasteiger partial charge in [0.25, 0.3) is 22.9 Å². The highest BCUT2D eigenvalue weighted by molar-refractivity contribution is 6.05. The van der Waals surface area contributed by atoms with E-state index in [0.717, 1.165) is 55.5 Å². The molecular weight excluding hydrogens is 985 g/mol. The van der Waals surface area contributed by atoms with Gasteiger partial charge in [-0.3, -0.25) is 39.4 Å². The van der Waals surface area contributed by atoms with Crippen LogP contribution >= 0.6 is 0 Å². The highest BCUT2D eigenvalue weighted by Gasteiger charge is 2.21. The van der Waals surface area contributed by atoms with Crippen LogP contribution in [0.5, 0.6) is 0 Å². The number of hydrogen-bond acceptors (Lipinski definition) is 10. The van der Waals surface area contributed by atoms with E-state index in [9.17, 15) is 28.8 Å². The molecule has 0 aliphatic carbocycles. The van der Waals surface area contributed by atoms with Crippen LogP contribution in [0.2, 0.25) is 0 Å². The molecule has 4 amide bonds. The fraction of sp³-hybridized carbons (Fsp3) is 0.167. The van der Waals surface area contributed by atoms with Crippen LogP contribution in [0, 0.1) is 0 Å². The minimum absolute atomic E-state index is 0.000359. The topological polar surface area (TPSA) is 204 Å². The van der Waals surface area contributed by atoms with Gasteiger partial charge in [0.1, 0.15) is 0 Å². The number of benzene rings is 6. The lowest BCUT2D eigenvalue weighted by Gasteiger charge is -2.13. The number of aromatic nitrogens is 8. The maximum absolute atomic E-state index is 13.4. The molecule has 0 saturated heterocycles. The number of nitrogens with zero attached hydrogens (tertiary/aromatic N) is 10. The molecule has 0 spiro atoms. The Labute approximate surface area is 446 Å². The van der Waals surface area contributed by atoms with E-state index in [4.69, 9.17) is 9.97 Å². The predicted octanol–water partition coefficient (Wildman–Crippen LogP) is 7.11. The van der Waals surface area contributed by atoms with Crippen molar-refractivity contribution >= 4 is 57.6 Å². The van der Waals surface area contributed by atoms with Crippen molar-refractivity contribution in [3.8, 4) is 22.5 Å². The van der Waals surface area contributed by atoms with Gasteiger partial charge in [-0.05, 0) is 106 Å². The summed E-state index contributed by atoms with van der Waals surface area (Å²) in [6.45, 7) is 1.33. The molecule has 0 unspecified atom stereocenters. The van der Waals surface area contributed by atoms with Crippen LogP contribution in [0.3, 0.4) is 0 Å². The number of carbonyl (C=O) groups is 4. The number of nitrogens with one attached hydrogen (secondary N) is 2. The molecule has 2 N–H and O–H groups in total. The number of likely N-dealkylation sites (N-methyl/N-ethyl adjacent to an activating group) is 2. The summed E-state index contributed by atoms with van der Waals surface area (Å²) in [6.07, 6.45) is 0.529. The molecule has 18 nitrogen and oxygen atoms in total. The Hall–Kier alpha value is -10.1. The van der Waals surface area contributed by atoms with Gasteiger partial charge in [0.15, 0.2) is 0 Å². The summed E-state index contributed by atoms with van der Waals surface area (Å²) >= 11 is 0. The highest BCUT2D eigenvalue weighted by Crippen LogP contribution is 2.28. The zero-order valence-electron chi connectivity index (χ0n) is 43.2. The van der Waals surface area contributed by atoms with Gasteiger partial charge in [0, 0.05) is 62.6 Å². The minimum Gasteiger partial charge on any atom is -0.349 e. The van der Waals surface area contributed by atoms with Gasteiger partial charge in [-0.25, -0.2) is 19.3 Å². The molecule has 0 saturated carbocycles. The minimum atomic E-state index is -0.311. The Kier molecular flexibility index (Phi) is 13.4. The fourth-order valence-electron chi connectivity index (χ4n) is 9.51. The molecule has 2 aliphatic rings. The summed E-state index contributed by atoms with van der Waals surface area (Å²) in [4.78, 5) is 89.1. The number of anilines is 2. The van der Waals surface area contributed by atoms with E-state index in [1.165, 1.54) is 21.5 Å². The SMILES string of the molecule is CN(C)C(=O)Cc1ccc2c(c1)nc1n2Cc2cccc(c2)-c2ccc(=O)n(n2)Cc2cccc(c2)C(=O)N1.CN(C)C(=O)Cc1ccc2nc3n(c2c1)Cc1cccc(c1)-c1ccc(=O)n(n1)Cc1cccc(c1)C(=O)N3. The Morgan fingerprint density at radius 1 is 0.449 bits per heavy atom. The number of hydrogen-bond donors (Lipinski definition) is 2. The first kappa shape index (κ1) is 50.1. The van der Waals surface area contributed by atoms with Gasteiger partial charge in [-0.2, -0.15) is 10.2 Å². The molecular formula is C60H52N12O6. The molecule has 6 aromatic carbocycles. The second kappa shape index (κ2) is 20.9. The molecule has 78 heavy (non-hydrogen) atoms. The lowest BCUT2D eigenvalue weighted by molar-refractivity contribution is -0.128. The van der Waals surface area contributed by atoms with Crippen LogP contribution in [0.4, 0.5) is 11.9 Å². The molecule has 10 aromatic rings. The average Bonchev–Trinajstić information content (AvgIpc) is 4.10. The first-order valence-corrected chi connectivity index (χ1v) is 25.2. The van der Waals surface area contributed by atoms with Crippen molar-refractivity contribution in [3.63, 3.8) is 0 Å². The maximum Gasteiger partial charge on any atom is 0.267 e. The quantitative estimate of drug-likeness (QED) is 0.183. The third-order valence-corrected chi connectivity index (χ3v) is 13.7. The first-order chi connectivity index (χ1) is 37.7. The van der Waals surface area contributed by atoms with Gasteiger partial charge >= 0.3 is 0 Å². The van der Waals surface area contributed by atoms with Crippen molar-refractivity contribution in [2.24, 2.45) is 0 Å². The zero-order chi connectivity index (χ0) is 54.2. The number of fused-ring (bicyclic) bond motifs is 20. The third-order valence-electron chi connectivity index (χ3n) is 13.7. The van der Waals surface area contributed by atoms with E-state index in [1.807, 2.05) is 106 Å². The zero-order valence-corrected chi connectivity index (χ0v) is 43.2. The third kappa shape index (κ3) is 10.6. The molecule has 0 radical (unpaired) electrons. The molecule has 4 aromatic heterocycles. The van der Waals surface area contributed by atoms with Crippen LogP contribution in [0.25, 0.3) is 44.6 Å². The fourth-order valence-corrected chi connectivity index (χ4v) is 9.51. The molecule has 12 rings (SSSR count). The van der Waals surface area contributed by atoms with Crippen molar-refractivity contribution in [1.82, 2.24) is 48.5 Å². The molecule has 0 atom stereocenters. The van der Waals surface area contributed by atoms with Crippen molar-refractivity contribution in [2.75, 3.05) is 38.8 Å². The molecule has 2 aliphatic heterocycles. The normalized spacial score (nSPS) is 12.7. The second-order valence-electron chi connectivity index (χ2n) is 19.8. The van der Waals surface area contributed by atoms with E-state index in [2.05, 4.69) is 20.8 Å². The van der Waals surface area contributed by atoms with Crippen LogP contribution in [-0.2, 0) is 48.6 Å². The number of carbonyl (C=O) groups excluding carboxylic acids is 4. The van der Waals surface area contributed by atoms with Gasteiger partial charge in [0.05, 0.1) is 72.5 Å². The lowest BCUT2D eigenvalue weighted by atomic mass is 10.1. The summed E-state index contributed by atoms with van der Waals surface area (Å²) < 4.78 is 6.74. The van der Waals surface area contributed by atoms with Gasteiger partial charge in [0.2, 0.25) is 23.7 Å². The van der Waals surface area contributed by atoms with Crippen molar-refractivity contribution in [3.05, 3.63) is 223 Å². The van der Waals surface area contributed by atoms with E-state index < -0.39 is 0 Å². The molecule has 388 valence electrons. The predicted molar refractivity (Wildman–Crippen MR) is 297 cm³/mol. The Bertz CT molecular complexity index is 4110.